The molecule has 1 aliphatic heterocycles. The van der Waals surface area contributed by atoms with Crippen LogP contribution < -0.4 is 5.32 Å². The number of amides is 1. The summed E-state index contributed by atoms with van der Waals surface area (Å²) in [6.07, 6.45) is 5.36. The Morgan fingerprint density at radius 1 is 1.27 bits per heavy atom. The Balaban J connectivity index is 1.66. The Kier molecular flexibility index (Phi) is 4.63. The summed E-state index contributed by atoms with van der Waals surface area (Å²) in [6, 6.07) is 7.44. The Labute approximate surface area is 130 Å². The molecule has 1 aliphatic rings. The maximum Gasteiger partial charge on any atom is 0.287 e. The lowest BCUT2D eigenvalue weighted by molar-refractivity contribution is 0.0886. The predicted octanol–water partition coefficient (Wildman–Crippen LogP) is 3.14. The molecule has 1 atom stereocenters. The number of nitrogens with one attached hydrogen (secondary N) is 1. The van der Waals surface area contributed by atoms with Crippen molar-refractivity contribution in [2.75, 3.05) is 19.6 Å². The molecule has 2 aromatic heterocycles. The summed E-state index contributed by atoms with van der Waals surface area (Å²) in [7, 11) is 0. The van der Waals surface area contributed by atoms with Crippen LogP contribution in [0.1, 0.15) is 47.4 Å². The molecule has 0 bridgehead atoms. The van der Waals surface area contributed by atoms with E-state index in [1.807, 2.05) is 19.1 Å². The van der Waals surface area contributed by atoms with Crippen molar-refractivity contribution in [3.63, 3.8) is 0 Å². The molecule has 1 saturated heterocycles. The van der Waals surface area contributed by atoms with Gasteiger partial charge < -0.3 is 14.2 Å². The fourth-order valence-electron chi connectivity index (χ4n) is 2.95. The number of aryl methyl sites for hydroxylation is 1. The first kappa shape index (κ1) is 14.9. The molecular weight excluding hydrogens is 280 g/mol. The first-order valence-electron chi connectivity index (χ1n) is 7.86. The maximum absolute atomic E-state index is 12.2. The standard InChI is InChI=1S/C17H22N2O3/c1-13-7-8-16(22-13)17(20)18-12-14(15-6-5-11-21-15)19-9-3-2-4-10-19/h5-8,11,14H,2-4,9-10,12H2,1H3,(H,18,20)/t14-/m1/s1. The highest BCUT2D eigenvalue weighted by molar-refractivity contribution is 5.91. The average molecular weight is 302 g/mol. The second kappa shape index (κ2) is 6.83. The van der Waals surface area contributed by atoms with Crippen LogP contribution in [-0.2, 0) is 0 Å². The molecule has 1 fully saturated rings. The van der Waals surface area contributed by atoms with Gasteiger partial charge in [-0.15, -0.1) is 0 Å². The fraction of sp³-hybridized carbons (Fsp3) is 0.471. The Morgan fingerprint density at radius 2 is 2.09 bits per heavy atom. The summed E-state index contributed by atoms with van der Waals surface area (Å²) in [5, 5.41) is 2.96. The number of likely N-dealkylation sites (tertiary alicyclic amines) is 1. The second-order valence-electron chi connectivity index (χ2n) is 5.75. The molecule has 3 rings (SSSR count). The van der Waals surface area contributed by atoms with Gasteiger partial charge in [0, 0.05) is 6.54 Å². The van der Waals surface area contributed by atoms with Crippen molar-refractivity contribution >= 4 is 5.91 Å². The number of carbonyl (C=O) groups excluding carboxylic acids is 1. The molecule has 2 aromatic rings. The average Bonchev–Trinajstić information content (AvgIpc) is 3.20. The molecule has 5 nitrogen and oxygen atoms in total. The van der Waals surface area contributed by atoms with Gasteiger partial charge in [0.1, 0.15) is 11.5 Å². The molecule has 1 N–H and O–H groups in total. The minimum absolute atomic E-state index is 0.0790. The molecule has 118 valence electrons. The molecule has 0 unspecified atom stereocenters. The largest absolute Gasteiger partial charge is 0.468 e. The second-order valence-corrected chi connectivity index (χ2v) is 5.75. The quantitative estimate of drug-likeness (QED) is 0.922. The Bertz CT molecular complexity index is 597. The summed E-state index contributed by atoms with van der Waals surface area (Å²) < 4.78 is 10.9. The summed E-state index contributed by atoms with van der Waals surface area (Å²) in [4.78, 5) is 14.5. The number of hydrogen-bond acceptors (Lipinski definition) is 4. The van der Waals surface area contributed by atoms with Gasteiger partial charge in [0.2, 0.25) is 0 Å². The van der Waals surface area contributed by atoms with E-state index in [4.69, 9.17) is 8.83 Å². The monoisotopic (exact) mass is 302 g/mol. The Hall–Kier alpha value is -2.01. The normalized spacial score (nSPS) is 17.3. The molecule has 0 saturated carbocycles. The highest BCUT2D eigenvalue weighted by Crippen LogP contribution is 2.24. The van der Waals surface area contributed by atoms with E-state index in [2.05, 4.69) is 10.2 Å². The van der Waals surface area contributed by atoms with Gasteiger partial charge in [-0.2, -0.15) is 0 Å². The van der Waals surface area contributed by atoms with Crippen LogP contribution in [0.2, 0.25) is 0 Å². The van der Waals surface area contributed by atoms with E-state index in [9.17, 15) is 4.79 Å². The number of carbonyl (C=O) groups is 1. The summed E-state index contributed by atoms with van der Waals surface area (Å²) in [5.74, 6) is 1.82. The molecule has 5 heteroatoms. The van der Waals surface area contributed by atoms with Gasteiger partial charge in [0.25, 0.3) is 5.91 Å². The number of furan rings is 2. The van der Waals surface area contributed by atoms with Crippen molar-refractivity contribution in [1.82, 2.24) is 10.2 Å². The van der Waals surface area contributed by atoms with E-state index in [1.54, 1.807) is 18.4 Å². The van der Waals surface area contributed by atoms with E-state index < -0.39 is 0 Å². The lowest BCUT2D eigenvalue weighted by Crippen LogP contribution is -2.40. The van der Waals surface area contributed by atoms with Crippen molar-refractivity contribution in [2.24, 2.45) is 0 Å². The lowest BCUT2D eigenvalue weighted by atomic mass is 10.1. The molecule has 0 radical (unpaired) electrons. The van der Waals surface area contributed by atoms with Crippen LogP contribution in [0.25, 0.3) is 0 Å². The third-order valence-electron chi connectivity index (χ3n) is 4.12. The van der Waals surface area contributed by atoms with E-state index in [0.29, 0.717) is 12.3 Å². The smallest absolute Gasteiger partial charge is 0.287 e. The van der Waals surface area contributed by atoms with E-state index >= 15 is 0 Å². The molecule has 0 aliphatic carbocycles. The van der Waals surface area contributed by atoms with Gasteiger partial charge in [0.05, 0.1) is 12.3 Å². The minimum Gasteiger partial charge on any atom is -0.468 e. The third kappa shape index (κ3) is 3.42. The Morgan fingerprint density at radius 3 is 2.73 bits per heavy atom. The maximum atomic E-state index is 12.2. The van der Waals surface area contributed by atoms with Crippen LogP contribution in [0, 0.1) is 6.92 Å². The number of hydrogen-bond donors (Lipinski definition) is 1. The lowest BCUT2D eigenvalue weighted by Gasteiger charge is -2.33. The molecule has 0 spiro atoms. The van der Waals surface area contributed by atoms with Gasteiger partial charge >= 0.3 is 0 Å². The topological polar surface area (TPSA) is 58.6 Å². The predicted molar refractivity (Wildman–Crippen MR) is 82.7 cm³/mol. The summed E-state index contributed by atoms with van der Waals surface area (Å²) in [6.45, 7) is 4.43. The summed E-state index contributed by atoms with van der Waals surface area (Å²) >= 11 is 0. The zero-order valence-electron chi connectivity index (χ0n) is 12.9. The van der Waals surface area contributed by atoms with Crippen molar-refractivity contribution in [2.45, 2.75) is 32.2 Å². The van der Waals surface area contributed by atoms with Crippen LogP contribution in [0.5, 0.6) is 0 Å². The zero-order valence-corrected chi connectivity index (χ0v) is 12.9. The van der Waals surface area contributed by atoms with Crippen molar-refractivity contribution in [3.8, 4) is 0 Å². The zero-order chi connectivity index (χ0) is 15.4. The molecule has 1 amide bonds. The number of piperidine rings is 1. The van der Waals surface area contributed by atoms with Gasteiger partial charge in [-0.25, -0.2) is 0 Å². The highest BCUT2D eigenvalue weighted by atomic mass is 16.3. The van der Waals surface area contributed by atoms with E-state index in [0.717, 1.165) is 24.6 Å². The minimum atomic E-state index is -0.179. The van der Waals surface area contributed by atoms with Crippen LogP contribution in [0.4, 0.5) is 0 Å². The van der Waals surface area contributed by atoms with Crippen LogP contribution in [0.15, 0.2) is 39.4 Å². The molecular formula is C17H22N2O3. The van der Waals surface area contributed by atoms with Crippen LogP contribution in [0.3, 0.4) is 0 Å². The van der Waals surface area contributed by atoms with Crippen molar-refractivity contribution < 1.29 is 13.6 Å². The highest BCUT2D eigenvalue weighted by Gasteiger charge is 2.25. The van der Waals surface area contributed by atoms with Crippen LogP contribution >= 0.6 is 0 Å². The molecule has 22 heavy (non-hydrogen) atoms. The van der Waals surface area contributed by atoms with Crippen molar-refractivity contribution in [1.29, 1.82) is 0 Å². The number of rotatable bonds is 5. The van der Waals surface area contributed by atoms with Gasteiger partial charge in [-0.3, -0.25) is 9.69 Å². The van der Waals surface area contributed by atoms with Crippen LogP contribution in [-0.4, -0.2) is 30.4 Å². The van der Waals surface area contributed by atoms with Crippen molar-refractivity contribution in [3.05, 3.63) is 47.8 Å². The van der Waals surface area contributed by atoms with E-state index in [-0.39, 0.29) is 11.9 Å². The number of nitrogens with zero attached hydrogens (tertiary/aromatic N) is 1. The third-order valence-corrected chi connectivity index (χ3v) is 4.12. The first-order chi connectivity index (χ1) is 10.7. The first-order valence-corrected chi connectivity index (χ1v) is 7.86. The molecule has 0 aromatic carbocycles. The van der Waals surface area contributed by atoms with Gasteiger partial charge in [-0.05, 0) is 57.1 Å². The van der Waals surface area contributed by atoms with Gasteiger partial charge in [0.15, 0.2) is 5.76 Å². The SMILES string of the molecule is Cc1ccc(C(=O)NC[C@H](c2ccco2)N2CCCCC2)o1. The van der Waals surface area contributed by atoms with E-state index in [1.165, 1.54) is 19.3 Å². The molecule has 3 heterocycles. The fourth-order valence-corrected chi connectivity index (χ4v) is 2.95. The van der Waals surface area contributed by atoms with Gasteiger partial charge in [-0.1, -0.05) is 6.42 Å². The summed E-state index contributed by atoms with van der Waals surface area (Å²) in [5.41, 5.74) is 0.